The second-order valence-electron chi connectivity index (χ2n) is 6.98. The van der Waals surface area contributed by atoms with Crippen molar-refractivity contribution in [3.8, 4) is 22.4 Å². The average Bonchev–Trinajstić information content (AvgIpc) is 3.12. The fourth-order valence-electron chi connectivity index (χ4n) is 3.62. The van der Waals surface area contributed by atoms with Crippen molar-refractivity contribution in [2.45, 2.75) is 19.9 Å². The lowest BCUT2D eigenvalue weighted by Crippen LogP contribution is -2.37. The summed E-state index contributed by atoms with van der Waals surface area (Å²) in [5, 5.41) is 10.7. The van der Waals surface area contributed by atoms with Crippen LogP contribution in [0.5, 0.6) is 0 Å². The van der Waals surface area contributed by atoms with Crippen LogP contribution in [0.1, 0.15) is 18.2 Å². The van der Waals surface area contributed by atoms with E-state index in [-0.39, 0.29) is 5.91 Å². The SMILES string of the molecule is CC(=O)NCCN1CCc2[nH]nc(-c3ccc(-c4ccccc4)cc3)c2C1. The molecule has 2 heterocycles. The number of hydrogen-bond donors (Lipinski definition) is 2. The van der Waals surface area contributed by atoms with Gasteiger partial charge in [0.1, 0.15) is 0 Å². The molecule has 0 saturated heterocycles. The first-order valence-electron chi connectivity index (χ1n) is 9.39. The maximum absolute atomic E-state index is 11.1. The first-order valence-corrected chi connectivity index (χ1v) is 9.39. The summed E-state index contributed by atoms with van der Waals surface area (Å²) in [5.74, 6) is 0.0233. The first-order chi connectivity index (χ1) is 13.2. The Morgan fingerprint density at radius 2 is 1.78 bits per heavy atom. The number of hydrogen-bond acceptors (Lipinski definition) is 3. The van der Waals surface area contributed by atoms with Gasteiger partial charge in [0.25, 0.3) is 0 Å². The van der Waals surface area contributed by atoms with Crippen molar-refractivity contribution in [3.63, 3.8) is 0 Å². The van der Waals surface area contributed by atoms with Gasteiger partial charge < -0.3 is 5.32 Å². The zero-order chi connectivity index (χ0) is 18.6. The Hall–Kier alpha value is -2.92. The zero-order valence-corrected chi connectivity index (χ0v) is 15.5. The van der Waals surface area contributed by atoms with Crippen LogP contribution in [0, 0.1) is 0 Å². The summed E-state index contributed by atoms with van der Waals surface area (Å²) in [6.45, 7) is 4.95. The van der Waals surface area contributed by atoms with E-state index in [4.69, 9.17) is 0 Å². The fourth-order valence-corrected chi connectivity index (χ4v) is 3.62. The van der Waals surface area contributed by atoms with Crippen molar-refractivity contribution in [1.82, 2.24) is 20.4 Å². The molecule has 0 atom stereocenters. The molecule has 0 bridgehead atoms. The van der Waals surface area contributed by atoms with Gasteiger partial charge in [-0.2, -0.15) is 5.10 Å². The van der Waals surface area contributed by atoms with Crippen molar-refractivity contribution < 1.29 is 4.79 Å². The number of rotatable bonds is 5. The van der Waals surface area contributed by atoms with Crippen LogP contribution in [0.4, 0.5) is 0 Å². The molecule has 0 spiro atoms. The molecule has 0 saturated carbocycles. The predicted octanol–water partition coefficient (Wildman–Crippen LogP) is 3.24. The standard InChI is InChI=1S/C22H24N4O/c1-16(27)23-12-14-26-13-11-21-20(15-26)22(25-24-21)19-9-7-18(8-10-19)17-5-3-2-4-6-17/h2-10H,11-15H2,1H3,(H,23,27)(H,24,25). The second-order valence-corrected chi connectivity index (χ2v) is 6.98. The smallest absolute Gasteiger partial charge is 0.216 e. The van der Waals surface area contributed by atoms with Crippen LogP contribution in [-0.2, 0) is 17.8 Å². The summed E-state index contributed by atoms with van der Waals surface area (Å²) in [6, 6.07) is 19.0. The number of nitrogens with zero attached hydrogens (tertiary/aromatic N) is 2. The normalized spacial score (nSPS) is 14.0. The van der Waals surface area contributed by atoms with Crippen LogP contribution in [0.3, 0.4) is 0 Å². The van der Waals surface area contributed by atoms with E-state index in [2.05, 4.69) is 68.9 Å². The third-order valence-corrected chi connectivity index (χ3v) is 5.08. The highest BCUT2D eigenvalue weighted by molar-refractivity contribution is 5.72. The Kier molecular flexibility index (Phi) is 5.03. The van der Waals surface area contributed by atoms with Gasteiger partial charge in [-0.1, -0.05) is 54.6 Å². The summed E-state index contributed by atoms with van der Waals surface area (Å²) in [7, 11) is 0. The number of benzene rings is 2. The molecule has 27 heavy (non-hydrogen) atoms. The van der Waals surface area contributed by atoms with E-state index in [0.717, 1.165) is 37.3 Å². The quantitative estimate of drug-likeness (QED) is 0.734. The largest absolute Gasteiger partial charge is 0.355 e. The van der Waals surface area contributed by atoms with E-state index in [9.17, 15) is 4.79 Å². The molecule has 1 aliphatic heterocycles. The minimum Gasteiger partial charge on any atom is -0.355 e. The molecule has 138 valence electrons. The Balaban J connectivity index is 1.51. The van der Waals surface area contributed by atoms with Crippen LogP contribution in [0.2, 0.25) is 0 Å². The number of carbonyl (C=O) groups is 1. The van der Waals surface area contributed by atoms with Crippen molar-refractivity contribution >= 4 is 5.91 Å². The number of nitrogens with one attached hydrogen (secondary N) is 2. The summed E-state index contributed by atoms with van der Waals surface area (Å²) >= 11 is 0. The lowest BCUT2D eigenvalue weighted by molar-refractivity contribution is -0.119. The highest BCUT2D eigenvalue weighted by Gasteiger charge is 2.22. The summed E-state index contributed by atoms with van der Waals surface area (Å²) in [5.41, 5.74) is 7.10. The Labute approximate surface area is 159 Å². The molecule has 2 N–H and O–H groups in total. The first kappa shape index (κ1) is 17.5. The number of amides is 1. The maximum atomic E-state index is 11.1. The molecule has 5 nitrogen and oxygen atoms in total. The molecule has 5 heteroatoms. The molecular formula is C22H24N4O. The molecule has 0 unspecified atom stereocenters. The Morgan fingerprint density at radius 3 is 2.52 bits per heavy atom. The van der Waals surface area contributed by atoms with Crippen LogP contribution in [0.25, 0.3) is 22.4 Å². The summed E-state index contributed by atoms with van der Waals surface area (Å²) < 4.78 is 0. The van der Waals surface area contributed by atoms with Gasteiger partial charge in [-0.3, -0.25) is 14.8 Å². The van der Waals surface area contributed by atoms with Crippen LogP contribution in [0.15, 0.2) is 54.6 Å². The number of aromatic nitrogens is 2. The molecule has 0 aliphatic carbocycles. The van der Waals surface area contributed by atoms with Gasteiger partial charge in [-0.25, -0.2) is 0 Å². The van der Waals surface area contributed by atoms with Gasteiger partial charge in [0.05, 0.1) is 5.69 Å². The monoisotopic (exact) mass is 360 g/mol. The van der Waals surface area contributed by atoms with Gasteiger partial charge in [0.15, 0.2) is 0 Å². The molecule has 1 aliphatic rings. The van der Waals surface area contributed by atoms with Crippen LogP contribution >= 0.6 is 0 Å². The van der Waals surface area contributed by atoms with Crippen molar-refractivity contribution in [2.75, 3.05) is 19.6 Å². The highest BCUT2D eigenvalue weighted by Crippen LogP contribution is 2.30. The summed E-state index contributed by atoms with van der Waals surface area (Å²) in [4.78, 5) is 13.4. The summed E-state index contributed by atoms with van der Waals surface area (Å²) in [6.07, 6.45) is 0.963. The van der Waals surface area contributed by atoms with Crippen molar-refractivity contribution in [2.24, 2.45) is 0 Å². The van der Waals surface area contributed by atoms with Crippen LogP contribution < -0.4 is 5.32 Å². The number of H-pyrrole nitrogens is 1. The van der Waals surface area contributed by atoms with E-state index < -0.39 is 0 Å². The van der Waals surface area contributed by atoms with Crippen LogP contribution in [-0.4, -0.2) is 40.6 Å². The van der Waals surface area contributed by atoms with Crippen molar-refractivity contribution in [3.05, 3.63) is 65.9 Å². The van der Waals surface area contributed by atoms with Gasteiger partial charge in [0.2, 0.25) is 5.91 Å². The van der Waals surface area contributed by atoms with E-state index in [1.54, 1.807) is 6.92 Å². The van der Waals surface area contributed by atoms with Crippen molar-refractivity contribution in [1.29, 1.82) is 0 Å². The van der Waals surface area contributed by atoms with E-state index in [1.807, 2.05) is 6.07 Å². The Bertz CT molecular complexity index is 915. The molecular weight excluding hydrogens is 336 g/mol. The van der Waals surface area contributed by atoms with Gasteiger partial charge in [0, 0.05) is 56.3 Å². The average molecular weight is 360 g/mol. The van der Waals surface area contributed by atoms with Gasteiger partial charge in [-0.05, 0) is 11.1 Å². The van der Waals surface area contributed by atoms with Gasteiger partial charge >= 0.3 is 0 Å². The minimum absolute atomic E-state index is 0.0233. The predicted molar refractivity (Wildman–Crippen MR) is 107 cm³/mol. The molecule has 4 rings (SSSR count). The molecule has 1 amide bonds. The number of aromatic amines is 1. The molecule has 3 aromatic rings. The fraction of sp³-hybridized carbons (Fsp3) is 0.273. The lowest BCUT2D eigenvalue weighted by Gasteiger charge is -2.27. The number of fused-ring (bicyclic) bond motifs is 1. The lowest BCUT2D eigenvalue weighted by atomic mass is 9.98. The zero-order valence-electron chi connectivity index (χ0n) is 15.5. The van der Waals surface area contributed by atoms with Gasteiger partial charge in [-0.15, -0.1) is 0 Å². The third-order valence-electron chi connectivity index (χ3n) is 5.08. The molecule has 0 radical (unpaired) electrons. The molecule has 2 aromatic carbocycles. The highest BCUT2D eigenvalue weighted by atomic mass is 16.1. The van der Waals surface area contributed by atoms with E-state index in [1.165, 1.54) is 22.4 Å². The second kappa shape index (κ2) is 7.76. The molecule has 0 fully saturated rings. The minimum atomic E-state index is 0.0233. The topological polar surface area (TPSA) is 61.0 Å². The van der Waals surface area contributed by atoms with E-state index >= 15 is 0 Å². The number of carbonyl (C=O) groups excluding carboxylic acids is 1. The molecule has 1 aromatic heterocycles. The van der Waals surface area contributed by atoms with E-state index in [0.29, 0.717) is 6.54 Å². The third kappa shape index (κ3) is 3.93. The Morgan fingerprint density at radius 1 is 1.07 bits per heavy atom. The maximum Gasteiger partial charge on any atom is 0.216 e.